The van der Waals surface area contributed by atoms with Crippen LogP contribution in [0.15, 0.2) is 24.3 Å². The number of amides is 1. The summed E-state index contributed by atoms with van der Waals surface area (Å²) in [5.41, 5.74) is -0.233. The van der Waals surface area contributed by atoms with E-state index in [0.717, 1.165) is 0 Å². The Kier molecular flexibility index (Phi) is 6.12. The van der Waals surface area contributed by atoms with Gasteiger partial charge in [0.15, 0.2) is 12.4 Å². The molecule has 2 N–H and O–H groups in total. The number of carboxylic acids is 1. The van der Waals surface area contributed by atoms with Gasteiger partial charge < -0.3 is 15.2 Å². The van der Waals surface area contributed by atoms with Crippen molar-refractivity contribution >= 4 is 17.6 Å². The van der Waals surface area contributed by atoms with Crippen LogP contribution in [0.5, 0.6) is 5.75 Å². The molecule has 0 aromatic heterocycles. The normalized spacial score (nSPS) is 11.5. The summed E-state index contributed by atoms with van der Waals surface area (Å²) in [6.07, 6.45) is 0.275. The average Bonchev–Trinajstić information content (AvgIpc) is 2.44. The van der Waals surface area contributed by atoms with Crippen molar-refractivity contribution in [3.63, 3.8) is 0 Å². The molecule has 0 aliphatic heterocycles. The number of nitro benzene ring substituents is 1. The minimum Gasteiger partial charge on any atom is -0.481 e. The molecule has 114 valence electrons. The quantitative estimate of drug-likeness (QED) is 0.552. The molecule has 1 rings (SSSR count). The highest BCUT2D eigenvalue weighted by molar-refractivity contribution is 5.79. The molecule has 1 unspecified atom stereocenters. The molecular formula is C13H16N2O6. The Bertz CT molecular complexity index is 531. The molecule has 0 aliphatic carbocycles. The van der Waals surface area contributed by atoms with Gasteiger partial charge >= 0.3 is 11.7 Å². The Morgan fingerprint density at radius 3 is 2.67 bits per heavy atom. The Morgan fingerprint density at radius 2 is 2.10 bits per heavy atom. The molecule has 0 bridgehead atoms. The molecule has 0 saturated heterocycles. The van der Waals surface area contributed by atoms with Crippen molar-refractivity contribution in [2.75, 3.05) is 6.61 Å². The van der Waals surface area contributed by atoms with Crippen molar-refractivity contribution in [2.45, 2.75) is 25.8 Å². The largest absolute Gasteiger partial charge is 0.481 e. The van der Waals surface area contributed by atoms with E-state index in [-0.39, 0.29) is 17.9 Å². The Hall–Kier alpha value is -2.64. The van der Waals surface area contributed by atoms with Crippen LogP contribution in [0.1, 0.15) is 19.8 Å². The number of carboxylic acid groups (broad SMARTS) is 1. The second-order valence-corrected chi connectivity index (χ2v) is 4.28. The number of nitrogens with zero attached hydrogens (tertiary/aromatic N) is 1. The number of nitro groups is 1. The molecule has 21 heavy (non-hydrogen) atoms. The topological polar surface area (TPSA) is 119 Å². The summed E-state index contributed by atoms with van der Waals surface area (Å²) >= 11 is 0. The third-order valence-corrected chi connectivity index (χ3v) is 2.70. The Labute approximate surface area is 120 Å². The van der Waals surface area contributed by atoms with Crippen LogP contribution in [0.2, 0.25) is 0 Å². The molecule has 0 fully saturated rings. The van der Waals surface area contributed by atoms with Crippen molar-refractivity contribution in [2.24, 2.45) is 0 Å². The van der Waals surface area contributed by atoms with Crippen LogP contribution >= 0.6 is 0 Å². The minimum absolute atomic E-state index is 0.0102. The van der Waals surface area contributed by atoms with Crippen molar-refractivity contribution in [3.8, 4) is 5.75 Å². The first kappa shape index (κ1) is 16.4. The number of para-hydroxylation sites is 2. The van der Waals surface area contributed by atoms with Crippen molar-refractivity contribution in [1.82, 2.24) is 5.32 Å². The van der Waals surface area contributed by atoms with E-state index in [2.05, 4.69) is 5.32 Å². The molecule has 0 heterocycles. The van der Waals surface area contributed by atoms with Crippen LogP contribution < -0.4 is 10.1 Å². The van der Waals surface area contributed by atoms with Crippen LogP contribution in [-0.2, 0) is 9.59 Å². The van der Waals surface area contributed by atoms with Crippen LogP contribution in [0.3, 0.4) is 0 Å². The lowest BCUT2D eigenvalue weighted by molar-refractivity contribution is -0.385. The summed E-state index contributed by atoms with van der Waals surface area (Å²) < 4.78 is 5.11. The van der Waals surface area contributed by atoms with Gasteiger partial charge in [-0.1, -0.05) is 19.1 Å². The number of hydrogen-bond donors (Lipinski definition) is 2. The van der Waals surface area contributed by atoms with Crippen molar-refractivity contribution in [1.29, 1.82) is 0 Å². The average molecular weight is 296 g/mol. The number of carbonyl (C=O) groups is 2. The third kappa shape index (κ3) is 5.47. The molecular weight excluding hydrogens is 280 g/mol. The molecule has 0 aliphatic rings. The van der Waals surface area contributed by atoms with Crippen LogP contribution in [0.4, 0.5) is 5.69 Å². The summed E-state index contributed by atoms with van der Waals surface area (Å²) in [6.45, 7) is 1.33. The molecule has 0 saturated carbocycles. The number of rotatable bonds is 8. The number of carbonyl (C=O) groups excluding carboxylic acids is 1. The number of hydrogen-bond acceptors (Lipinski definition) is 5. The van der Waals surface area contributed by atoms with Gasteiger partial charge in [-0.2, -0.15) is 0 Å². The summed E-state index contributed by atoms with van der Waals surface area (Å²) in [7, 11) is 0. The highest BCUT2D eigenvalue weighted by Crippen LogP contribution is 2.25. The van der Waals surface area contributed by atoms with Gasteiger partial charge in [0.1, 0.15) is 0 Å². The van der Waals surface area contributed by atoms with Crippen molar-refractivity contribution in [3.05, 3.63) is 34.4 Å². The molecule has 1 amide bonds. The first-order valence-corrected chi connectivity index (χ1v) is 6.31. The second-order valence-electron chi connectivity index (χ2n) is 4.28. The summed E-state index contributed by atoms with van der Waals surface area (Å²) in [5, 5.41) is 21.9. The maximum absolute atomic E-state index is 11.6. The first-order valence-electron chi connectivity index (χ1n) is 6.31. The van der Waals surface area contributed by atoms with Crippen LogP contribution in [0.25, 0.3) is 0 Å². The maximum atomic E-state index is 11.6. The van der Waals surface area contributed by atoms with Gasteiger partial charge in [0.25, 0.3) is 5.91 Å². The van der Waals surface area contributed by atoms with E-state index in [0.29, 0.717) is 6.42 Å². The predicted octanol–water partition coefficient (Wildman–Crippen LogP) is 1.34. The van der Waals surface area contributed by atoms with Gasteiger partial charge in [-0.25, -0.2) is 0 Å². The number of ether oxygens (including phenoxy) is 1. The van der Waals surface area contributed by atoms with E-state index in [1.165, 1.54) is 18.2 Å². The van der Waals surface area contributed by atoms with E-state index in [1.54, 1.807) is 13.0 Å². The minimum atomic E-state index is -1.01. The van der Waals surface area contributed by atoms with Gasteiger partial charge in [-0.3, -0.25) is 19.7 Å². The van der Waals surface area contributed by atoms with Crippen LogP contribution in [0, 0.1) is 10.1 Å². The highest BCUT2D eigenvalue weighted by Gasteiger charge is 2.17. The lowest BCUT2D eigenvalue weighted by atomic mass is 10.1. The summed E-state index contributed by atoms with van der Waals surface area (Å²) in [5.74, 6) is -1.55. The van der Waals surface area contributed by atoms with E-state index in [4.69, 9.17) is 9.84 Å². The number of aliphatic carboxylic acids is 1. The zero-order chi connectivity index (χ0) is 15.8. The fourth-order valence-electron chi connectivity index (χ4n) is 1.65. The monoisotopic (exact) mass is 296 g/mol. The molecule has 0 spiro atoms. The zero-order valence-electron chi connectivity index (χ0n) is 11.4. The Morgan fingerprint density at radius 1 is 1.43 bits per heavy atom. The van der Waals surface area contributed by atoms with E-state index >= 15 is 0 Å². The number of nitrogens with one attached hydrogen (secondary N) is 1. The summed E-state index contributed by atoms with van der Waals surface area (Å²) in [6, 6.07) is 5.21. The van der Waals surface area contributed by atoms with Crippen LogP contribution in [-0.4, -0.2) is 34.6 Å². The lowest BCUT2D eigenvalue weighted by Gasteiger charge is -2.15. The molecule has 8 heteroatoms. The second kappa shape index (κ2) is 7.83. The number of benzene rings is 1. The lowest BCUT2D eigenvalue weighted by Crippen LogP contribution is -2.38. The third-order valence-electron chi connectivity index (χ3n) is 2.70. The molecule has 1 aromatic carbocycles. The van der Waals surface area contributed by atoms with Gasteiger partial charge in [0.2, 0.25) is 0 Å². The van der Waals surface area contributed by atoms with Gasteiger partial charge in [-0.15, -0.1) is 0 Å². The van der Waals surface area contributed by atoms with E-state index < -0.39 is 29.4 Å². The highest BCUT2D eigenvalue weighted by atomic mass is 16.6. The SMILES string of the molecule is CCC(CC(=O)O)NC(=O)COc1ccccc1[N+](=O)[O-]. The molecule has 8 nitrogen and oxygen atoms in total. The van der Waals surface area contributed by atoms with Gasteiger partial charge in [0.05, 0.1) is 11.3 Å². The zero-order valence-corrected chi connectivity index (χ0v) is 11.4. The van der Waals surface area contributed by atoms with Gasteiger partial charge in [0, 0.05) is 12.1 Å². The fourth-order valence-corrected chi connectivity index (χ4v) is 1.65. The maximum Gasteiger partial charge on any atom is 0.310 e. The molecule has 1 aromatic rings. The van der Waals surface area contributed by atoms with E-state index in [1.807, 2.05) is 0 Å². The molecule has 0 radical (unpaired) electrons. The Balaban J connectivity index is 2.57. The predicted molar refractivity (Wildman–Crippen MR) is 73.1 cm³/mol. The summed E-state index contributed by atoms with van der Waals surface area (Å²) in [4.78, 5) is 32.4. The van der Waals surface area contributed by atoms with Crippen molar-refractivity contribution < 1.29 is 24.4 Å². The molecule has 1 atom stereocenters. The fraction of sp³-hybridized carbons (Fsp3) is 0.385. The van der Waals surface area contributed by atoms with Gasteiger partial charge in [-0.05, 0) is 12.5 Å². The van der Waals surface area contributed by atoms with E-state index in [9.17, 15) is 19.7 Å². The first-order chi connectivity index (χ1) is 9.93. The standard InChI is InChI=1S/C13H16N2O6/c1-2-9(7-13(17)18)14-12(16)8-21-11-6-4-3-5-10(11)15(19)20/h3-6,9H,2,7-8H2,1H3,(H,14,16)(H,17,18). The smallest absolute Gasteiger partial charge is 0.310 e.